The van der Waals surface area contributed by atoms with Crippen molar-refractivity contribution in [3.8, 4) is 0 Å². The van der Waals surface area contributed by atoms with Crippen molar-refractivity contribution in [3.63, 3.8) is 0 Å². The van der Waals surface area contributed by atoms with Gasteiger partial charge in [0.1, 0.15) is 0 Å². The Labute approximate surface area is 177 Å². The van der Waals surface area contributed by atoms with Crippen LogP contribution in [0.5, 0.6) is 0 Å². The topological polar surface area (TPSA) is 86.8 Å². The van der Waals surface area contributed by atoms with Gasteiger partial charge in [-0.15, -0.1) is 0 Å². The number of rotatable bonds is 4. The second-order valence-corrected chi connectivity index (χ2v) is 11.1. The van der Waals surface area contributed by atoms with E-state index in [4.69, 9.17) is 11.6 Å². The Bertz CT molecular complexity index is 872. The minimum atomic E-state index is -3.57. The molecule has 2 aliphatic rings. The number of carbonyl (C=O) groups excluding carboxylic acids is 2. The predicted molar refractivity (Wildman–Crippen MR) is 111 cm³/mol. The fourth-order valence-electron chi connectivity index (χ4n) is 3.85. The fourth-order valence-corrected chi connectivity index (χ4v) is 5.44. The molecule has 29 heavy (non-hydrogen) atoms. The number of sulfonamides is 1. The van der Waals surface area contributed by atoms with Gasteiger partial charge in [-0.25, -0.2) is 8.42 Å². The molecule has 1 aromatic carbocycles. The molecule has 0 radical (unpaired) electrons. The normalized spacial score (nSPS) is 22.1. The van der Waals surface area contributed by atoms with E-state index in [9.17, 15) is 18.0 Å². The summed E-state index contributed by atoms with van der Waals surface area (Å²) < 4.78 is 27.0. The van der Waals surface area contributed by atoms with E-state index in [1.807, 2.05) is 20.8 Å². The molecule has 0 bridgehead atoms. The molecule has 2 saturated heterocycles. The maximum absolute atomic E-state index is 12.8. The quantitative estimate of drug-likeness (QED) is 0.776. The molecule has 0 saturated carbocycles. The molecule has 0 spiro atoms. The number of likely N-dealkylation sites (tertiary alicyclic amines) is 1. The zero-order valence-electron chi connectivity index (χ0n) is 17.0. The number of piperidine rings is 1. The van der Waals surface area contributed by atoms with Crippen LogP contribution in [0.25, 0.3) is 0 Å². The average Bonchev–Trinajstić information content (AvgIpc) is 3.05. The van der Waals surface area contributed by atoms with Crippen LogP contribution in [0.1, 0.15) is 40.0 Å². The average molecular weight is 442 g/mol. The van der Waals surface area contributed by atoms with Gasteiger partial charge in [-0.2, -0.15) is 4.31 Å². The van der Waals surface area contributed by atoms with Crippen molar-refractivity contribution >= 4 is 33.4 Å². The van der Waals surface area contributed by atoms with Gasteiger partial charge in [-0.3, -0.25) is 9.59 Å². The van der Waals surface area contributed by atoms with Crippen LogP contribution in [0.15, 0.2) is 29.2 Å². The third-order valence-electron chi connectivity index (χ3n) is 5.56. The largest absolute Gasteiger partial charge is 0.353 e. The van der Waals surface area contributed by atoms with Crippen LogP contribution in [0, 0.1) is 5.92 Å². The lowest BCUT2D eigenvalue weighted by Gasteiger charge is -2.33. The van der Waals surface area contributed by atoms with Crippen molar-refractivity contribution in [3.05, 3.63) is 29.3 Å². The lowest BCUT2D eigenvalue weighted by atomic mass is 10.0. The molecule has 9 heteroatoms. The van der Waals surface area contributed by atoms with Gasteiger partial charge >= 0.3 is 0 Å². The fraction of sp³-hybridized carbons (Fsp3) is 0.600. The summed E-state index contributed by atoms with van der Waals surface area (Å²) in [5.74, 6) is -0.469. The lowest BCUT2D eigenvalue weighted by molar-refractivity contribution is -0.132. The van der Waals surface area contributed by atoms with Crippen LogP contribution in [-0.2, 0) is 19.6 Å². The third-order valence-corrected chi connectivity index (χ3v) is 7.72. The SMILES string of the molecule is CC(C)(C)N1CC(C(=O)NC2CCN(S(=O)(=O)c3ccc(Cl)cc3)CC2)CC1=O. The first kappa shape index (κ1) is 22.1. The summed E-state index contributed by atoms with van der Waals surface area (Å²) >= 11 is 5.84. The van der Waals surface area contributed by atoms with E-state index in [2.05, 4.69) is 5.32 Å². The molecule has 0 aromatic heterocycles. The summed E-state index contributed by atoms with van der Waals surface area (Å²) in [5, 5.41) is 3.50. The minimum Gasteiger partial charge on any atom is -0.353 e. The second kappa shape index (κ2) is 8.24. The molecular formula is C20H28ClN3O4S. The number of halogens is 1. The predicted octanol–water partition coefficient (Wildman–Crippen LogP) is 2.26. The molecule has 7 nitrogen and oxygen atoms in total. The van der Waals surface area contributed by atoms with Crippen molar-refractivity contribution in [2.24, 2.45) is 5.92 Å². The Kier molecular flexibility index (Phi) is 6.27. The summed E-state index contributed by atoms with van der Waals surface area (Å²) in [6, 6.07) is 6.04. The summed E-state index contributed by atoms with van der Waals surface area (Å²) in [4.78, 5) is 26.8. The number of hydrogen-bond acceptors (Lipinski definition) is 4. The van der Waals surface area contributed by atoms with Crippen LogP contribution in [0.4, 0.5) is 0 Å². The number of nitrogens with one attached hydrogen (secondary N) is 1. The smallest absolute Gasteiger partial charge is 0.243 e. The third kappa shape index (κ3) is 4.92. The van der Waals surface area contributed by atoms with Gasteiger partial charge in [0.15, 0.2) is 0 Å². The maximum Gasteiger partial charge on any atom is 0.243 e. The van der Waals surface area contributed by atoms with Crippen LogP contribution in [0.3, 0.4) is 0 Å². The van der Waals surface area contributed by atoms with Gasteiger partial charge in [0, 0.05) is 42.7 Å². The molecule has 3 rings (SSSR count). The molecule has 1 atom stereocenters. The number of benzene rings is 1. The van der Waals surface area contributed by atoms with E-state index in [0.717, 1.165) is 0 Å². The van der Waals surface area contributed by atoms with E-state index >= 15 is 0 Å². The Hall–Kier alpha value is -1.64. The molecule has 1 N–H and O–H groups in total. The summed E-state index contributed by atoms with van der Waals surface area (Å²) in [7, 11) is -3.57. The highest BCUT2D eigenvalue weighted by atomic mass is 35.5. The van der Waals surface area contributed by atoms with Gasteiger partial charge in [0.25, 0.3) is 0 Å². The zero-order valence-corrected chi connectivity index (χ0v) is 18.6. The van der Waals surface area contributed by atoms with E-state index in [1.165, 1.54) is 16.4 Å². The monoisotopic (exact) mass is 441 g/mol. The van der Waals surface area contributed by atoms with Crippen molar-refractivity contribution in [2.45, 2.75) is 56.5 Å². The van der Waals surface area contributed by atoms with Crippen molar-refractivity contribution < 1.29 is 18.0 Å². The van der Waals surface area contributed by atoms with Crippen LogP contribution >= 0.6 is 11.6 Å². The summed E-state index contributed by atoms with van der Waals surface area (Å²) in [6.07, 6.45) is 1.32. The molecule has 2 amide bonds. The van der Waals surface area contributed by atoms with Gasteiger partial charge < -0.3 is 10.2 Å². The summed E-state index contributed by atoms with van der Waals surface area (Å²) in [5.41, 5.74) is -0.298. The van der Waals surface area contributed by atoms with E-state index in [-0.39, 0.29) is 40.6 Å². The van der Waals surface area contributed by atoms with E-state index < -0.39 is 10.0 Å². The Balaban J connectivity index is 1.54. The Morgan fingerprint density at radius 3 is 2.24 bits per heavy atom. The first-order valence-electron chi connectivity index (χ1n) is 9.85. The first-order valence-corrected chi connectivity index (χ1v) is 11.7. The van der Waals surface area contributed by atoms with Crippen molar-refractivity contribution in [1.82, 2.24) is 14.5 Å². The molecule has 0 aliphatic carbocycles. The number of amides is 2. The van der Waals surface area contributed by atoms with Gasteiger partial charge in [0.05, 0.1) is 10.8 Å². The Morgan fingerprint density at radius 1 is 1.14 bits per heavy atom. The highest BCUT2D eigenvalue weighted by molar-refractivity contribution is 7.89. The molecule has 2 aliphatic heterocycles. The molecule has 2 fully saturated rings. The molecule has 1 unspecified atom stereocenters. The maximum atomic E-state index is 12.8. The Morgan fingerprint density at radius 2 is 1.72 bits per heavy atom. The minimum absolute atomic E-state index is 0.00141. The van der Waals surface area contributed by atoms with E-state index in [1.54, 1.807) is 17.0 Å². The first-order chi connectivity index (χ1) is 13.5. The number of hydrogen-bond donors (Lipinski definition) is 1. The van der Waals surface area contributed by atoms with Crippen molar-refractivity contribution in [1.29, 1.82) is 0 Å². The second-order valence-electron chi connectivity index (χ2n) is 8.72. The van der Waals surface area contributed by atoms with E-state index in [0.29, 0.717) is 37.5 Å². The van der Waals surface area contributed by atoms with Gasteiger partial charge in [-0.1, -0.05) is 11.6 Å². The highest BCUT2D eigenvalue weighted by Gasteiger charge is 2.40. The molecule has 1 aromatic rings. The van der Waals surface area contributed by atoms with Gasteiger partial charge in [-0.05, 0) is 57.9 Å². The zero-order chi connectivity index (χ0) is 21.4. The molecule has 160 valence electrons. The summed E-state index contributed by atoms with van der Waals surface area (Å²) in [6.45, 7) is 6.99. The van der Waals surface area contributed by atoms with Crippen LogP contribution in [0.2, 0.25) is 5.02 Å². The highest BCUT2D eigenvalue weighted by Crippen LogP contribution is 2.27. The number of carbonyl (C=O) groups is 2. The van der Waals surface area contributed by atoms with Crippen LogP contribution < -0.4 is 5.32 Å². The van der Waals surface area contributed by atoms with Gasteiger partial charge in [0.2, 0.25) is 21.8 Å². The van der Waals surface area contributed by atoms with Crippen molar-refractivity contribution in [2.75, 3.05) is 19.6 Å². The number of nitrogens with zero attached hydrogens (tertiary/aromatic N) is 2. The molecule has 2 heterocycles. The standard InChI is InChI=1S/C20H28ClN3O4S/c1-20(2,3)24-13-14(12-18(24)25)19(26)22-16-8-10-23(11-9-16)29(27,28)17-6-4-15(21)5-7-17/h4-7,14,16H,8-13H2,1-3H3,(H,22,26). The molecular weight excluding hydrogens is 414 g/mol. The van der Waals surface area contributed by atoms with Crippen LogP contribution in [-0.4, -0.2) is 60.7 Å². The lowest BCUT2D eigenvalue weighted by Crippen LogP contribution is -2.48.